The molecule has 0 radical (unpaired) electrons. The molecule has 0 aromatic heterocycles. The molecule has 0 spiro atoms. The summed E-state index contributed by atoms with van der Waals surface area (Å²) in [6.45, 7) is 0.174. The normalized spacial score (nSPS) is 15.0. The van der Waals surface area contributed by atoms with Gasteiger partial charge in [0.25, 0.3) is 5.91 Å². The van der Waals surface area contributed by atoms with Crippen LogP contribution in [0, 0.1) is 0 Å². The van der Waals surface area contributed by atoms with Gasteiger partial charge < -0.3 is 24.3 Å². The van der Waals surface area contributed by atoms with Crippen LogP contribution in [0.3, 0.4) is 0 Å². The second-order valence-electron chi connectivity index (χ2n) is 6.57. The minimum atomic E-state index is -1.46. The number of ketones is 1. The Morgan fingerprint density at radius 2 is 1.58 bits per heavy atom. The number of benzene rings is 2. The molecule has 8 heteroatoms. The standard InChI is InChI=1S/C23H22ClNO6/c1-28-23(29-2)13-19(24)20(26)12-21(23)25-22(27)15-31-18-10-8-17(9-11-18)30-14-16-6-4-3-5-7-16/h3-13H,14-15H2,1-2H3,(H,25,27). The van der Waals surface area contributed by atoms with Crippen molar-refractivity contribution in [2.75, 3.05) is 20.8 Å². The number of carbonyl (C=O) groups excluding carboxylic acids is 2. The number of allylic oxidation sites excluding steroid dienone is 2. The second kappa shape index (κ2) is 10.3. The molecule has 7 nitrogen and oxygen atoms in total. The van der Waals surface area contributed by atoms with Crippen LogP contribution in [0.5, 0.6) is 11.5 Å². The Balaban J connectivity index is 1.53. The van der Waals surface area contributed by atoms with E-state index in [-0.39, 0.29) is 17.3 Å². The van der Waals surface area contributed by atoms with Crippen LogP contribution in [-0.4, -0.2) is 38.3 Å². The maximum absolute atomic E-state index is 12.3. The SMILES string of the molecule is COC1(OC)C=C(Cl)C(=O)C=C1NC(=O)COc1ccc(OCc2ccccc2)cc1. The van der Waals surface area contributed by atoms with E-state index < -0.39 is 17.5 Å². The summed E-state index contributed by atoms with van der Waals surface area (Å²) in [4.78, 5) is 24.2. The quantitative estimate of drug-likeness (QED) is 0.598. The number of hydrogen-bond donors (Lipinski definition) is 1. The highest BCUT2D eigenvalue weighted by molar-refractivity contribution is 6.44. The smallest absolute Gasteiger partial charge is 0.262 e. The van der Waals surface area contributed by atoms with Gasteiger partial charge in [0.05, 0.1) is 10.7 Å². The van der Waals surface area contributed by atoms with Gasteiger partial charge in [-0.3, -0.25) is 9.59 Å². The summed E-state index contributed by atoms with van der Waals surface area (Å²) in [5.41, 5.74) is 1.18. The van der Waals surface area contributed by atoms with E-state index in [2.05, 4.69) is 5.32 Å². The summed E-state index contributed by atoms with van der Waals surface area (Å²) in [5, 5.41) is 2.52. The summed E-state index contributed by atoms with van der Waals surface area (Å²) in [6.07, 6.45) is 2.45. The van der Waals surface area contributed by atoms with Crippen molar-refractivity contribution in [3.05, 3.63) is 83.0 Å². The number of halogens is 1. The van der Waals surface area contributed by atoms with Gasteiger partial charge in [0.2, 0.25) is 5.79 Å². The molecule has 0 unspecified atom stereocenters. The average molecular weight is 444 g/mol. The third kappa shape index (κ3) is 5.73. The Kier molecular flexibility index (Phi) is 7.46. The number of rotatable bonds is 9. The van der Waals surface area contributed by atoms with Gasteiger partial charge in [-0.15, -0.1) is 0 Å². The first-order valence-corrected chi connectivity index (χ1v) is 9.78. The number of methoxy groups -OCH3 is 2. The first-order chi connectivity index (χ1) is 15.0. The van der Waals surface area contributed by atoms with Crippen molar-refractivity contribution in [1.29, 1.82) is 0 Å². The Morgan fingerprint density at radius 1 is 0.968 bits per heavy atom. The van der Waals surface area contributed by atoms with Crippen LogP contribution < -0.4 is 14.8 Å². The van der Waals surface area contributed by atoms with E-state index in [1.165, 1.54) is 20.3 Å². The van der Waals surface area contributed by atoms with E-state index in [4.69, 9.17) is 30.5 Å². The molecular weight excluding hydrogens is 422 g/mol. The zero-order valence-electron chi connectivity index (χ0n) is 17.1. The van der Waals surface area contributed by atoms with Crippen molar-refractivity contribution in [2.24, 2.45) is 0 Å². The van der Waals surface area contributed by atoms with Crippen molar-refractivity contribution in [3.8, 4) is 11.5 Å². The molecule has 0 atom stereocenters. The maximum Gasteiger partial charge on any atom is 0.262 e. The van der Waals surface area contributed by atoms with E-state index >= 15 is 0 Å². The predicted molar refractivity (Wildman–Crippen MR) is 115 cm³/mol. The largest absolute Gasteiger partial charge is 0.489 e. The van der Waals surface area contributed by atoms with Crippen LogP contribution in [0.1, 0.15) is 5.56 Å². The van der Waals surface area contributed by atoms with Crippen LogP contribution >= 0.6 is 11.6 Å². The molecule has 0 aliphatic heterocycles. The molecule has 1 aliphatic carbocycles. The zero-order valence-corrected chi connectivity index (χ0v) is 17.8. The van der Waals surface area contributed by atoms with E-state index in [9.17, 15) is 9.59 Å². The third-order valence-corrected chi connectivity index (χ3v) is 4.82. The van der Waals surface area contributed by atoms with Gasteiger partial charge >= 0.3 is 0 Å². The molecule has 162 valence electrons. The number of ether oxygens (including phenoxy) is 4. The second-order valence-corrected chi connectivity index (χ2v) is 6.98. The van der Waals surface area contributed by atoms with Crippen molar-refractivity contribution in [2.45, 2.75) is 12.4 Å². The van der Waals surface area contributed by atoms with Gasteiger partial charge in [-0.25, -0.2) is 0 Å². The fourth-order valence-corrected chi connectivity index (χ4v) is 3.07. The highest BCUT2D eigenvalue weighted by Gasteiger charge is 2.38. The molecule has 1 N–H and O–H groups in total. The van der Waals surface area contributed by atoms with Crippen LogP contribution in [0.4, 0.5) is 0 Å². The minimum absolute atomic E-state index is 0.0625. The third-order valence-electron chi connectivity index (χ3n) is 4.53. The Morgan fingerprint density at radius 3 is 2.19 bits per heavy atom. The van der Waals surface area contributed by atoms with E-state index in [0.29, 0.717) is 18.1 Å². The Hall–Kier alpha value is -3.13. The van der Waals surface area contributed by atoms with Crippen molar-refractivity contribution >= 4 is 23.3 Å². The van der Waals surface area contributed by atoms with Crippen LogP contribution in [0.15, 0.2) is 77.5 Å². The van der Waals surface area contributed by atoms with Crippen molar-refractivity contribution < 1.29 is 28.5 Å². The molecule has 3 rings (SSSR count). The summed E-state index contributed by atoms with van der Waals surface area (Å²) < 4.78 is 21.9. The fraction of sp³-hybridized carbons (Fsp3) is 0.217. The molecular formula is C23H22ClNO6. The topological polar surface area (TPSA) is 83.1 Å². The van der Waals surface area contributed by atoms with Gasteiger partial charge in [0, 0.05) is 26.4 Å². The molecule has 1 aliphatic rings. The van der Waals surface area contributed by atoms with Gasteiger partial charge in [-0.2, -0.15) is 0 Å². The van der Waals surface area contributed by atoms with Gasteiger partial charge in [0.15, 0.2) is 12.4 Å². The lowest BCUT2D eigenvalue weighted by molar-refractivity contribution is -0.151. The van der Waals surface area contributed by atoms with Crippen LogP contribution in [-0.2, 0) is 25.7 Å². The first kappa shape index (κ1) is 22.6. The molecule has 2 aromatic carbocycles. The molecule has 2 aromatic rings. The van der Waals surface area contributed by atoms with Gasteiger partial charge in [-0.05, 0) is 29.8 Å². The van der Waals surface area contributed by atoms with Crippen LogP contribution in [0.2, 0.25) is 0 Å². The summed E-state index contributed by atoms with van der Waals surface area (Å²) in [7, 11) is 2.75. The van der Waals surface area contributed by atoms with Gasteiger partial charge in [-0.1, -0.05) is 41.9 Å². The van der Waals surface area contributed by atoms with Crippen LogP contribution in [0.25, 0.3) is 0 Å². The van der Waals surface area contributed by atoms with Crippen molar-refractivity contribution in [1.82, 2.24) is 5.32 Å². The molecule has 0 saturated carbocycles. The highest BCUT2D eigenvalue weighted by Crippen LogP contribution is 2.29. The highest BCUT2D eigenvalue weighted by atomic mass is 35.5. The lowest BCUT2D eigenvalue weighted by Gasteiger charge is -2.32. The molecule has 31 heavy (non-hydrogen) atoms. The Bertz CT molecular complexity index is 981. The summed E-state index contributed by atoms with van der Waals surface area (Å²) in [6, 6.07) is 16.7. The van der Waals surface area contributed by atoms with Gasteiger partial charge in [0.1, 0.15) is 18.1 Å². The number of carbonyl (C=O) groups is 2. The van der Waals surface area contributed by atoms with E-state index in [1.807, 2.05) is 30.3 Å². The minimum Gasteiger partial charge on any atom is -0.489 e. The van der Waals surface area contributed by atoms with E-state index in [1.54, 1.807) is 24.3 Å². The van der Waals surface area contributed by atoms with Crippen molar-refractivity contribution in [3.63, 3.8) is 0 Å². The number of hydrogen-bond acceptors (Lipinski definition) is 6. The first-order valence-electron chi connectivity index (χ1n) is 9.40. The molecule has 0 fully saturated rings. The molecule has 1 amide bonds. The molecule has 0 heterocycles. The Labute approximate surface area is 185 Å². The fourth-order valence-electron chi connectivity index (χ4n) is 2.87. The number of amides is 1. The zero-order chi connectivity index (χ0) is 22.3. The maximum atomic E-state index is 12.3. The molecule has 0 saturated heterocycles. The summed E-state index contributed by atoms with van der Waals surface area (Å²) in [5.74, 6) is -1.25. The number of nitrogens with one attached hydrogen (secondary N) is 1. The average Bonchev–Trinajstić information content (AvgIpc) is 2.80. The molecule has 0 bridgehead atoms. The lowest BCUT2D eigenvalue weighted by atomic mass is 10.0. The monoisotopic (exact) mass is 443 g/mol. The summed E-state index contributed by atoms with van der Waals surface area (Å²) >= 11 is 5.88. The lowest BCUT2D eigenvalue weighted by Crippen LogP contribution is -2.45. The van der Waals surface area contributed by atoms with E-state index in [0.717, 1.165) is 11.6 Å². The predicted octanol–water partition coefficient (Wildman–Crippen LogP) is 3.34.